The average Bonchev–Trinajstić information content (AvgIpc) is 2.57. The molecule has 2 rings (SSSR count). The summed E-state index contributed by atoms with van der Waals surface area (Å²) in [5.74, 6) is -1.13. The summed E-state index contributed by atoms with van der Waals surface area (Å²) in [6.07, 6.45) is 1.57. The fourth-order valence-corrected chi connectivity index (χ4v) is 2.89. The first-order valence-corrected chi connectivity index (χ1v) is 8.40. The molecule has 1 aromatic carbocycles. The first-order valence-electron chi connectivity index (χ1n) is 8.02. The summed E-state index contributed by atoms with van der Waals surface area (Å²) in [5.41, 5.74) is 0. The number of halogens is 1. The van der Waals surface area contributed by atoms with Crippen LogP contribution in [0, 0.1) is 11.8 Å². The summed E-state index contributed by atoms with van der Waals surface area (Å²) in [6, 6.07) is 7.03. The summed E-state index contributed by atoms with van der Waals surface area (Å²) in [5, 5.41) is 12.5. The number of rotatable bonds is 8. The summed E-state index contributed by atoms with van der Waals surface area (Å²) in [6.45, 7) is 1.47. The molecule has 1 atom stereocenters. The number of carbonyl (C=O) groups excluding carboxylic acids is 1. The van der Waals surface area contributed by atoms with E-state index in [1.165, 1.54) is 0 Å². The smallest absolute Gasteiger partial charge is 0.308 e. The lowest BCUT2D eigenvalue weighted by atomic mass is 9.86. The maximum atomic E-state index is 11.9. The van der Waals surface area contributed by atoms with Gasteiger partial charge in [0.05, 0.1) is 24.0 Å². The van der Waals surface area contributed by atoms with Crippen LogP contribution < -0.4 is 10.1 Å². The molecule has 1 aromatic rings. The Morgan fingerprint density at radius 3 is 2.71 bits per heavy atom. The third-order valence-corrected chi connectivity index (χ3v) is 4.41. The van der Waals surface area contributed by atoms with Gasteiger partial charge in [-0.2, -0.15) is 0 Å². The molecule has 1 amide bonds. The average molecular weight is 356 g/mol. The zero-order valence-electron chi connectivity index (χ0n) is 13.4. The van der Waals surface area contributed by atoms with Gasteiger partial charge in [0.15, 0.2) is 0 Å². The Morgan fingerprint density at radius 2 is 2.04 bits per heavy atom. The van der Waals surface area contributed by atoms with E-state index >= 15 is 0 Å². The topological polar surface area (TPSA) is 84.9 Å². The Morgan fingerprint density at radius 1 is 1.33 bits per heavy atom. The third kappa shape index (κ3) is 5.69. The lowest BCUT2D eigenvalue weighted by molar-refractivity contribution is -0.145. The van der Waals surface area contributed by atoms with Gasteiger partial charge in [-0.1, -0.05) is 23.7 Å². The van der Waals surface area contributed by atoms with Crippen LogP contribution >= 0.6 is 11.6 Å². The molecule has 0 radical (unpaired) electrons. The van der Waals surface area contributed by atoms with Crippen molar-refractivity contribution >= 4 is 23.5 Å². The molecule has 1 heterocycles. The molecule has 1 aliphatic heterocycles. The van der Waals surface area contributed by atoms with Crippen molar-refractivity contribution in [2.24, 2.45) is 11.8 Å². The predicted molar refractivity (Wildman–Crippen MR) is 89.2 cm³/mol. The van der Waals surface area contributed by atoms with Crippen molar-refractivity contribution in [2.45, 2.75) is 19.3 Å². The van der Waals surface area contributed by atoms with Crippen molar-refractivity contribution in [3.05, 3.63) is 29.3 Å². The van der Waals surface area contributed by atoms with Crippen molar-refractivity contribution in [2.75, 3.05) is 26.4 Å². The number of para-hydroxylation sites is 1. The summed E-state index contributed by atoms with van der Waals surface area (Å²) in [4.78, 5) is 23.3. The molecule has 1 unspecified atom stereocenters. The van der Waals surface area contributed by atoms with Crippen LogP contribution in [0.15, 0.2) is 24.3 Å². The van der Waals surface area contributed by atoms with Crippen molar-refractivity contribution in [1.29, 1.82) is 0 Å². The van der Waals surface area contributed by atoms with Crippen LogP contribution in [0.2, 0.25) is 5.02 Å². The van der Waals surface area contributed by atoms with E-state index in [4.69, 9.17) is 21.1 Å². The number of nitrogens with one attached hydrogen (secondary N) is 1. The molecular weight excluding hydrogens is 334 g/mol. The standard InChI is InChI=1S/C17H22ClNO5/c18-14-3-1-2-4-15(14)24-10-7-16(20)19-11-13(17(21)22)12-5-8-23-9-6-12/h1-4,12-13H,5-11H2,(H,19,20)(H,21,22). The van der Waals surface area contributed by atoms with E-state index in [0.717, 1.165) is 0 Å². The Balaban J connectivity index is 1.72. The Labute approximate surface area is 146 Å². The lowest BCUT2D eigenvalue weighted by Crippen LogP contribution is -2.39. The minimum absolute atomic E-state index is 0.0379. The van der Waals surface area contributed by atoms with Crippen LogP contribution in [0.3, 0.4) is 0 Å². The largest absolute Gasteiger partial charge is 0.491 e. The fraction of sp³-hybridized carbons (Fsp3) is 0.529. The Hall–Kier alpha value is -1.79. The molecule has 1 aliphatic rings. The van der Waals surface area contributed by atoms with E-state index in [0.29, 0.717) is 36.8 Å². The van der Waals surface area contributed by atoms with E-state index in [2.05, 4.69) is 5.32 Å². The number of carboxylic acid groups (broad SMARTS) is 1. The molecule has 0 aliphatic carbocycles. The van der Waals surface area contributed by atoms with Gasteiger partial charge in [0, 0.05) is 19.8 Å². The zero-order chi connectivity index (χ0) is 17.4. The maximum absolute atomic E-state index is 11.9. The van der Waals surface area contributed by atoms with Crippen LogP contribution in [0.25, 0.3) is 0 Å². The van der Waals surface area contributed by atoms with Crippen molar-refractivity contribution in [3.8, 4) is 5.75 Å². The summed E-state index contributed by atoms with van der Waals surface area (Å²) < 4.78 is 10.7. The van der Waals surface area contributed by atoms with Gasteiger partial charge in [-0.05, 0) is 30.9 Å². The molecule has 0 bridgehead atoms. The number of ether oxygens (including phenoxy) is 2. The molecule has 0 saturated carbocycles. The van der Waals surface area contributed by atoms with Gasteiger partial charge in [0.25, 0.3) is 0 Å². The Bertz CT molecular complexity index is 560. The highest BCUT2D eigenvalue weighted by molar-refractivity contribution is 6.32. The van der Waals surface area contributed by atoms with Crippen LogP contribution in [0.5, 0.6) is 5.75 Å². The number of hydrogen-bond donors (Lipinski definition) is 2. The molecule has 1 saturated heterocycles. The van der Waals surface area contributed by atoms with Crippen molar-refractivity contribution in [1.82, 2.24) is 5.32 Å². The van der Waals surface area contributed by atoms with Gasteiger partial charge in [-0.25, -0.2) is 0 Å². The first-order chi connectivity index (χ1) is 11.6. The highest BCUT2D eigenvalue weighted by Crippen LogP contribution is 2.24. The van der Waals surface area contributed by atoms with E-state index in [9.17, 15) is 14.7 Å². The molecule has 0 spiro atoms. The minimum atomic E-state index is -0.880. The summed E-state index contributed by atoms with van der Waals surface area (Å²) >= 11 is 5.96. The molecule has 132 valence electrons. The third-order valence-electron chi connectivity index (χ3n) is 4.09. The van der Waals surface area contributed by atoms with Gasteiger partial charge >= 0.3 is 5.97 Å². The molecule has 2 N–H and O–H groups in total. The normalized spacial score (nSPS) is 16.4. The molecule has 7 heteroatoms. The van der Waals surface area contributed by atoms with E-state index < -0.39 is 11.9 Å². The highest BCUT2D eigenvalue weighted by Gasteiger charge is 2.29. The van der Waals surface area contributed by atoms with Gasteiger partial charge in [-0.15, -0.1) is 0 Å². The SMILES string of the molecule is O=C(CCOc1ccccc1Cl)NCC(C(=O)O)C1CCOCC1. The second-order valence-corrected chi connectivity index (χ2v) is 6.13. The molecule has 1 fully saturated rings. The molecule has 24 heavy (non-hydrogen) atoms. The van der Waals surface area contributed by atoms with Gasteiger partial charge < -0.3 is 19.9 Å². The number of hydrogen-bond acceptors (Lipinski definition) is 4. The van der Waals surface area contributed by atoms with Gasteiger partial charge in [-0.3, -0.25) is 9.59 Å². The molecular formula is C17H22ClNO5. The summed E-state index contributed by atoms with van der Waals surface area (Å²) in [7, 11) is 0. The quantitative estimate of drug-likeness (QED) is 0.747. The first kappa shape index (κ1) is 18.5. The van der Waals surface area contributed by atoms with E-state index in [-0.39, 0.29) is 31.4 Å². The Kier molecular flexibility index (Phi) is 7.34. The van der Waals surface area contributed by atoms with Crippen molar-refractivity contribution in [3.63, 3.8) is 0 Å². The number of carboxylic acids is 1. The maximum Gasteiger partial charge on any atom is 0.308 e. The number of aliphatic carboxylic acids is 1. The fourth-order valence-electron chi connectivity index (χ4n) is 2.70. The van der Waals surface area contributed by atoms with Crippen LogP contribution in [0.4, 0.5) is 0 Å². The van der Waals surface area contributed by atoms with Crippen LogP contribution in [-0.4, -0.2) is 43.3 Å². The van der Waals surface area contributed by atoms with Crippen LogP contribution in [-0.2, 0) is 14.3 Å². The number of amides is 1. The van der Waals surface area contributed by atoms with E-state index in [1.54, 1.807) is 24.3 Å². The van der Waals surface area contributed by atoms with Gasteiger partial charge in [0.2, 0.25) is 5.91 Å². The number of benzene rings is 1. The molecule has 0 aromatic heterocycles. The number of carbonyl (C=O) groups is 2. The highest BCUT2D eigenvalue weighted by atomic mass is 35.5. The predicted octanol–water partition coefficient (Wildman–Crippen LogP) is 2.35. The molecule has 6 nitrogen and oxygen atoms in total. The van der Waals surface area contributed by atoms with Crippen molar-refractivity contribution < 1.29 is 24.2 Å². The van der Waals surface area contributed by atoms with Gasteiger partial charge in [0.1, 0.15) is 5.75 Å². The second-order valence-electron chi connectivity index (χ2n) is 5.73. The zero-order valence-corrected chi connectivity index (χ0v) is 14.1. The lowest BCUT2D eigenvalue weighted by Gasteiger charge is -2.27. The van der Waals surface area contributed by atoms with E-state index in [1.807, 2.05) is 0 Å². The van der Waals surface area contributed by atoms with Crippen LogP contribution in [0.1, 0.15) is 19.3 Å². The monoisotopic (exact) mass is 355 g/mol. The minimum Gasteiger partial charge on any atom is -0.491 e. The second kappa shape index (κ2) is 9.49.